The highest BCUT2D eigenvalue weighted by Gasteiger charge is 2.31. The maximum absolute atomic E-state index is 12.0. The van der Waals surface area contributed by atoms with Gasteiger partial charge in [0.2, 0.25) is 5.91 Å². The lowest BCUT2D eigenvalue weighted by Crippen LogP contribution is -2.22. The Hall–Kier alpha value is -2.21. The summed E-state index contributed by atoms with van der Waals surface area (Å²) in [5.74, 6) is -0.178. The Balaban J connectivity index is 1.75. The van der Waals surface area contributed by atoms with Gasteiger partial charge in [-0.25, -0.2) is 4.98 Å². The highest BCUT2D eigenvalue weighted by atomic mass is 32.1. The number of esters is 1. The van der Waals surface area contributed by atoms with Gasteiger partial charge in [-0.1, -0.05) is 12.1 Å². The highest BCUT2D eigenvalue weighted by molar-refractivity contribution is 7.14. The molecule has 0 radical (unpaired) electrons. The van der Waals surface area contributed by atoms with Crippen LogP contribution in [0.1, 0.15) is 31.0 Å². The Morgan fingerprint density at radius 1 is 1.39 bits per heavy atom. The van der Waals surface area contributed by atoms with Gasteiger partial charge < -0.3 is 4.74 Å². The van der Waals surface area contributed by atoms with Crippen LogP contribution in [0.15, 0.2) is 29.6 Å². The number of amides is 1. The van der Waals surface area contributed by atoms with Crippen molar-refractivity contribution in [2.24, 2.45) is 5.92 Å². The maximum Gasteiger partial charge on any atom is 0.309 e. The zero-order chi connectivity index (χ0) is 16.4. The van der Waals surface area contributed by atoms with Crippen LogP contribution in [0.25, 0.3) is 0 Å². The van der Waals surface area contributed by atoms with Crippen LogP contribution in [0.4, 0.5) is 10.8 Å². The first-order valence-corrected chi connectivity index (χ1v) is 8.41. The first-order valence-electron chi connectivity index (χ1n) is 7.53. The normalized spacial score (nSPS) is 13.7. The van der Waals surface area contributed by atoms with Crippen molar-refractivity contribution in [1.82, 2.24) is 4.98 Å². The molecule has 1 amide bonds. The summed E-state index contributed by atoms with van der Waals surface area (Å²) in [5.41, 5.74) is 2.52. The second kappa shape index (κ2) is 6.50. The summed E-state index contributed by atoms with van der Waals surface area (Å²) in [4.78, 5) is 29.6. The predicted molar refractivity (Wildman–Crippen MR) is 88.6 cm³/mol. The fourth-order valence-electron chi connectivity index (χ4n) is 2.24. The Morgan fingerprint density at radius 3 is 2.83 bits per heavy atom. The molecule has 1 aromatic carbocycles. The molecular formula is C17H18N2O3S. The summed E-state index contributed by atoms with van der Waals surface area (Å²) in [6, 6.07) is 7.71. The first-order chi connectivity index (χ1) is 11.0. The van der Waals surface area contributed by atoms with Crippen LogP contribution in [0.5, 0.6) is 0 Å². The number of carbonyl (C=O) groups excluding carboxylic acids is 2. The van der Waals surface area contributed by atoms with Crippen LogP contribution >= 0.6 is 11.3 Å². The van der Waals surface area contributed by atoms with Crippen molar-refractivity contribution in [3.8, 4) is 0 Å². The van der Waals surface area contributed by atoms with E-state index >= 15 is 0 Å². The van der Waals surface area contributed by atoms with E-state index in [1.54, 1.807) is 4.90 Å². The standard InChI is InChI=1S/C17H18N2O3S/c1-11-4-3-5-15(8-11)19(12(2)20)17-18-14(10-23-17)9-22-16(21)13-6-7-13/h3-5,8,10,13H,6-7,9H2,1-2H3. The monoisotopic (exact) mass is 330 g/mol. The van der Waals surface area contributed by atoms with Gasteiger partial charge in [0.1, 0.15) is 6.61 Å². The third-order valence-corrected chi connectivity index (χ3v) is 4.45. The highest BCUT2D eigenvalue weighted by Crippen LogP contribution is 2.32. The minimum atomic E-state index is -0.151. The summed E-state index contributed by atoms with van der Waals surface area (Å²) < 4.78 is 5.23. The molecule has 1 aliphatic carbocycles. The van der Waals surface area contributed by atoms with Crippen LogP contribution in [0.2, 0.25) is 0 Å². The first kappa shape index (κ1) is 15.7. The molecule has 0 aliphatic heterocycles. The van der Waals surface area contributed by atoms with Crippen molar-refractivity contribution in [2.75, 3.05) is 4.90 Å². The van der Waals surface area contributed by atoms with E-state index in [0.717, 1.165) is 24.1 Å². The Morgan fingerprint density at radius 2 is 2.17 bits per heavy atom. The molecule has 5 nitrogen and oxygen atoms in total. The lowest BCUT2D eigenvalue weighted by molar-refractivity contribution is -0.146. The Bertz CT molecular complexity index is 737. The molecule has 2 aromatic rings. The summed E-state index contributed by atoms with van der Waals surface area (Å²) in [7, 11) is 0. The molecule has 1 aliphatic rings. The molecule has 23 heavy (non-hydrogen) atoms. The van der Waals surface area contributed by atoms with Crippen LogP contribution in [-0.4, -0.2) is 16.9 Å². The van der Waals surface area contributed by atoms with Gasteiger partial charge in [-0.3, -0.25) is 14.5 Å². The van der Waals surface area contributed by atoms with Gasteiger partial charge in [0.25, 0.3) is 0 Å². The van der Waals surface area contributed by atoms with E-state index in [0.29, 0.717) is 10.8 Å². The number of thiazole rings is 1. The number of nitrogens with zero attached hydrogens (tertiary/aromatic N) is 2. The Labute approximate surface area is 138 Å². The van der Waals surface area contributed by atoms with E-state index in [2.05, 4.69) is 4.98 Å². The van der Waals surface area contributed by atoms with Gasteiger partial charge in [-0.05, 0) is 37.5 Å². The zero-order valence-electron chi connectivity index (χ0n) is 13.1. The zero-order valence-corrected chi connectivity index (χ0v) is 13.9. The summed E-state index contributed by atoms with van der Waals surface area (Å²) in [6.45, 7) is 3.65. The average Bonchev–Trinajstić information content (AvgIpc) is 3.26. The minimum absolute atomic E-state index is 0.0779. The lowest BCUT2D eigenvalue weighted by atomic mass is 10.2. The van der Waals surface area contributed by atoms with Crippen LogP contribution < -0.4 is 4.90 Å². The fraction of sp³-hybridized carbons (Fsp3) is 0.353. The molecule has 1 saturated carbocycles. The van der Waals surface area contributed by atoms with Gasteiger partial charge >= 0.3 is 5.97 Å². The number of benzene rings is 1. The Kier molecular flexibility index (Phi) is 4.43. The minimum Gasteiger partial charge on any atom is -0.459 e. The summed E-state index contributed by atoms with van der Waals surface area (Å²) >= 11 is 1.37. The summed E-state index contributed by atoms with van der Waals surface area (Å²) in [5, 5.41) is 2.40. The molecule has 0 saturated heterocycles. The summed E-state index contributed by atoms with van der Waals surface area (Å²) in [6.07, 6.45) is 1.85. The molecule has 0 spiro atoms. The maximum atomic E-state index is 12.0. The largest absolute Gasteiger partial charge is 0.459 e. The average molecular weight is 330 g/mol. The quantitative estimate of drug-likeness (QED) is 0.786. The molecule has 0 bridgehead atoms. The topological polar surface area (TPSA) is 59.5 Å². The van der Waals surface area contributed by atoms with Gasteiger partial charge in [-0.2, -0.15) is 0 Å². The van der Waals surface area contributed by atoms with Gasteiger partial charge in [-0.15, -0.1) is 11.3 Å². The van der Waals surface area contributed by atoms with Crippen LogP contribution in [0.3, 0.4) is 0 Å². The van der Waals surface area contributed by atoms with Crippen LogP contribution in [0, 0.1) is 12.8 Å². The van der Waals surface area contributed by atoms with Crippen molar-refractivity contribution in [3.63, 3.8) is 0 Å². The molecule has 0 unspecified atom stereocenters. The molecular weight excluding hydrogens is 312 g/mol. The van der Waals surface area contributed by atoms with Gasteiger partial charge in [0, 0.05) is 12.3 Å². The number of ether oxygens (including phenoxy) is 1. The number of carbonyl (C=O) groups is 2. The third-order valence-electron chi connectivity index (χ3n) is 3.58. The third kappa shape index (κ3) is 3.76. The predicted octanol–water partition coefficient (Wildman–Crippen LogP) is 3.59. The number of aromatic nitrogens is 1. The molecule has 6 heteroatoms. The van der Waals surface area contributed by atoms with E-state index in [9.17, 15) is 9.59 Å². The molecule has 1 aromatic heterocycles. The van der Waals surface area contributed by atoms with Crippen molar-refractivity contribution in [3.05, 3.63) is 40.9 Å². The molecule has 0 N–H and O–H groups in total. The second-order valence-corrected chi connectivity index (χ2v) is 6.53. The fourth-order valence-corrected chi connectivity index (χ4v) is 3.11. The smallest absolute Gasteiger partial charge is 0.309 e. The van der Waals surface area contributed by atoms with Crippen molar-refractivity contribution >= 4 is 34.0 Å². The van der Waals surface area contributed by atoms with E-state index in [1.807, 2.05) is 36.6 Å². The van der Waals surface area contributed by atoms with Gasteiger partial charge in [0.15, 0.2) is 5.13 Å². The number of hydrogen-bond donors (Lipinski definition) is 0. The van der Waals surface area contributed by atoms with Crippen molar-refractivity contribution < 1.29 is 14.3 Å². The second-order valence-electron chi connectivity index (χ2n) is 5.70. The number of hydrogen-bond acceptors (Lipinski definition) is 5. The lowest BCUT2D eigenvalue weighted by Gasteiger charge is -2.18. The molecule has 1 fully saturated rings. The molecule has 0 atom stereocenters. The van der Waals surface area contributed by atoms with Crippen molar-refractivity contribution in [1.29, 1.82) is 0 Å². The van der Waals surface area contributed by atoms with E-state index in [-0.39, 0.29) is 24.4 Å². The van der Waals surface area contributed by atoms with E-state index in [4.69, 9.17) is 4.74 Å². The number of aryl methyl sites for hydroxylation is 1. The molecule has 1 heterocycles. The van der Waals surface area contributed by atoms with E-state index in [1.165, 1.54) is 18.3 Å². The van der Waals surface area contributed by atoms with Crippen molar-refractivity contribution in [2.45, 2.75) is 33.3 Å². The van der Waals surface area contributed by atoms with Crippen LogP contribution in [-0.2, 0) is 20.9 Å². The number of rotatable bonds is 5. The van der Waals surface area contributed by atoms with Gasteiger partial charge in [0.05, 0.1) is 17.3 Å². The molecule has 3 rings (SSSR count). The molecule has 120 valence electrons. The number of anilines is 2. The van der Waals surface area contributed by atoms with E-state index < -0.39 is 0 Å². The SMILES string of the molecule is CC(=O)N(c1cccc(C)c1)c1nc(COC(=O)C2CC2)cs1.